The summed E-state index contributed by atoms with van der Waals surface area (Å²) in [6.45, 7) is 5.93. The SMILES string of the molecule is Cc1c(-c2cccc(Cl)c2)nc2ccccc2c1C(=O)OCC(=O)N[C@@H]1CCC[C@H](C)[C@@H]1C. The zero-order valence-electron chi connectivity index (χ0n) is 19.2. The third-order valence-corrected chi connectivity index (χ3v) is 7.06. The molecule has 0 unspecified atom stereocenters. The second kappa shape index (κ2) is 9.92. The van der Waals surface area contributed by atoms with Crippen molar-refractivity contribution < 1.29 is 14.3 Å². The van der Waals surface area contributed by atoms with E-state index in [1.54, 1.807) is 6.07 Å². The number of carbonyl (C=O) groups excluding carboxylic acids is 2. The average Bonchev–Trinajstić information content (AvgIpc) is 2.80. The van der Waals surface area contributed by atoms with Crippen LogP contribution in [0.2, 0.25) is 5.02 Å². The van der Waals surface area contributed by atoms with Crippen LogP contribution in [0.1, 0.15) is 49.0 Å². The largest absolute Gasteiger partial charge is 0.452 e. The average molecular weight is 465 g/mol. The molecule has 1 heterocycles. The molecule has 1 amide bonds. The second-order valence-corrected chi connectivity index (χ2v) is 9.44. The van der Waals surface area contributed by atoms with Gasteiger partial charge in [0.05, 0.1) is 16.8 Å². The molecule has 5 nitrogen and oxygen atoms in total. The molecule has 1 N–H and O–H groups in total. The molecule has 4 rings (SSSR count). The molecule has 3 atom stereocenters. The predicted octanol–water partition coefficient (Wildman–Crippen LogP) is 5.96. The van der Waals surface area contributed by atoms with E-state index in [9.17, 15) is 9.59 Å². The van der Waals surface area contributed by atoms with Crippen molar-refractivity contribution in [3.8, 4) is 11.3 Å². The van der Waals surface area contributed by atoms with Crippen molar-refractivity contribution in [2.75, 3.05) is 6.61 Å². The monoisotopic (exact) mass is 464 g/mol. The lowest BCUT2D eigenvalue weighted by molar-refractivity contribution is -0.125. The molecule has 0 spiro atoms. The Morgan fingerprint density at radius 2 is 1.91 bits per heavy atom. The van der Waals surface area contributed by atoms with Crippen molar-refractivity contribution in [2.45, 2.75) is 46.1 Å². The molecule has 1 fully saturated rings. The van der Waals surface area contributed by atoms with Crippen molar-refractivity contribution in [3.63, 3.8) is 0 Å². The topological polar surface area (TPSA) is 68.3 Å². The summed E-state index contributed by atoms with van der Waals surface area (Å²) < 4.78 is 5.49. The van der Waals surface area contributed by atoms with E-state index in [1.165, 1.54) is 6.42 Å². The fourth-order valence-electron chi connectivity index (χ4n) is 4.72. The van der Waals surface area contributed by atoms with E-state index in [-0.39, 0.29) is 18.6 Å². The second-order valence-electron chi connectivity index (χ2n) is 9.01. The van der Waals surface area contributed by atoms with E-state index in [1.807, 2.05) is 49.4 Å². The number of ether oxygens (including phenoxy) is 1. The van der Waals surface area contributed by atoms with Crippen LogP contribution in [-0.2, 0) is 9.53 Å². The maximum atomic E-state index is 13.2. The Kier molecular flexibility index (Phi) is 6.99. The smallest absolute Gasteiger partial charge is 0.339 e. The number of pyridine rings is 1. The first kappa shape index (κ1) is 23.2. The number of amides is 1. The maximum absolute atomic E-state index is 13.2. The minimum atomic E-state index is -0.533. The standard InChI is InChI=1S/C27H29ClN2O3/c1-16-8-6-13-22(17(16)2)29-24(31)15-33-27(32)25-18(3)26(19-9-7-10-20(28)14-19)30-23-12-5-4-11-21(23)25/h4-5,7,9-12,14,16-17,22H,6,8,13,15H2,1-3H3,(H,29,31)/t16-,17-,22+/m0/s1. The summed E-state index contributed by atoms with van der Waals surface area (Å²) in [5, 5.41) is 4.34. The fraction of sp³-hybridized carbons (Fsp3) is 0.370. The summed E-state index contributed by atoms with van der Waals surface area (Å²) >= 11 is 6.19. The lowest BCUT2D eigenvalue weighted by atomic mass is 9.78. The zero-order chi connectivity index (χ0) is 23.5. The normalized spacial score (nSPS) is 20.4. The van der Waals surface area contributed by atoms with Gasteiger partial charge in [-0.15, -0.1) is 0 Å². The van der Waals surface area contributed by atoms with Gasteiger partial charge in [0.2, 0.25) is 0 Å². The first-order valence-electron chi connectivity index (χ1n) is 11.5. The van der Waals surface area contributed by atoms with Crippen LogP contribution in [0.5, 0.6) is 0 Å². The number of hydrogen-bond acceptors (Lipinski definition) is 4. The van der Waals surface area contributed by atoms with Crippen LogP contribution >= 0.6 is 11.6 Å². The number of nitrogens with one attached hydrogen (secondary N) is 1. The molecule has 1 aliphatic carbocycles. The summed E-state index contributed by atoms with van der Waals surface area (Å²) in [5.74, 6) is 0.183. The zero-order valence-corrected chi connectivity index (χ0v) is 20.0. The number of para-hydroxylation sites is 1. The highest BCUT2D eigenvalue weighted by molar-refractivity contribution is 6.30. The number of rotatable bonds is 5. The van der Waals surface area contributed by atoms with E-state index < -0.39 is 5.97 Å². The Hall–Kier alpha value is -2.92. The van der Waals surface area contributed by atoms with Crippen LogP contribution in [0.4, 0.5) is 0 Å². The Bertz CT molecular complexity index is 1190. The van der Waals surface area contributed by atoms with Gasteiger partial charge in [-0.25, -0.2) is 9.78 Å². The number of fused-ring (bicyclic) bond motifs is 1. The number of hydrogen-bond donors (Lipinski definition) is 1. The quantitative estimate of drug-likeness (QED) is 0.473. The highest BCUT2D eigenvalue weighted by atomic mass is 35.5. The first-order chi connectivity index (χ1) is 15.8. The Balaban J connectivity index is 1.57. The number of aromatic nitrogens is 1. The summed E-state index contributed by atoms with van der Waals surface area (Å²) in [5.41, 5.74) is 3.27. The van der Waals surface area contributed by atoms with Crippen molar-refractivity contribution in [3.05, 3.63) is 64.7 Å². The van der Waals surface area contributed by atoms with Crippen molar-refractivity contribution >= 4 is 34.4 Å². The molecular weight excluding hydrogens is 436 g/mol. The number of esters is 1. The molecule has 0 bridgehead atoms. The Morgan fingerprint density at radius 3 is 2.70 bits per heavy atom. The lowest BCUT2D eigenvalue weighted by Crippen LogP contribution is -2.45. The number of carbonyl (C=O) groups is 2. The molecule has 172 valence electrons. The van der Waals surface area contributed by atoms with E-state index in [0.29, 0.717) is 44.6 Å². The third-order valence-electron chi connectivity index (χ3n) is 6.83. The molecule has 33 heavy (non-hydrogen) atoms. The molecule has 1 aromatic heterocycles. The van der Waals surface area contributed by atoms with Gasteiger partial charge in [-0.3, -0.25) is 4.79 Å². The Labute approximate surface area is 199 Å². The highest BCUT2D eigenvalue weighted by Crippen LogP contribution is 2.32. The Morgan fingerprint density at radius 1 is 1.12 bits per heavy atom. The molecule has 0 saturated heterocycles. The highest BCUT2D eigenvalue weighted by Gasteiger charge is 2.28. The van der Waals surface area contributed by atoms with E-state index in [0.717, 1.165) is 18.4 Å². The van der Waals surface area contributed by atoms with Crippen LogP contribution < -0.4 is 5.32 Å². The van der Waals surface area contributed by atoms with Gasteiger partial charge < -0.3 is 10.1 Å². The molecule has 0 aliphatic heterocycles. The molecule has 1 aliphatic rings. The van der Waals surface area contributed by atoms with E-state index in [2.05, 4.69) is 19.2 Å². The molecule has 3 aromatic rings. The van der Waals surface area contributed by atoms with Crippen molar-refractivity contribution in [2.24, 2.45) is 11.8 Å². The van der Waals surface area contributed by atoms with Gasteiger partial charge in [0.1, 0.15) is 0 Å². The summed E-state index contributed by atoms with van der Waals surface area (Å²) in [6.07, 6.45) is 3.25. The molecular formula is C27H29ClN2O3. The van der Waals surface area contributed by atoms with E-state index in [4.69, 9.17) is 21.3 Å². The summed E-state index contributed by atoms with van der Waals surface area (Å²) in [6, 6.07) is 14.9. The molecule has 6 heteroatoms. The predicted molar refractivity (Wildman–Crippen MR) is 131 cm³/mol. The van der Waals surface area contributed by atoms with Crippen LogP contribution in [0.25, 0.3) is 22.2 Å². The van der Waals surface area contributed by atoms with Crippen LogP contribution in [0.15, 0.2) is 48.5 Å². The van der Waals surface area contributed by atoms with Crippen LogP contribution in [-0.4, -0.2) is 29.5 Å². The van der Waals surface area contributed by atoms with Gasteiger partial charge >= 0.3 is 5.97 Å². The van der Waals surface area contributed by atoms with Gasteiger partial charge in [-0.1, -0.05) is 68.6 Å². The van der Waals surface area contributed by atoms with Crippen molar-refractivity contribution in [1.82, 2.24) is 10.3 Å². The van der Waals surface area contributed by atoms with Gasteiger partial charge in [-0.2, -0.15) is 0 Å². The number of halogens is 1. The summed E-state index contributed by atoms with van der Waals surface area (Å²) in [7, 11) is 0. The summed E-state index contributed by atoms with van der Waals surface area (Å²) in [4.78, 5) is 30.5. The number of nitrogens with zero attached hydrogens (tertiary/aromatic N) is 1. The molecule has 1 saturated carbocycles. The minimum Gasteiger partial charge on any atom is -0.452 e. The van der Waals surface area contributed by atoms with Crippen LogP contribution in [0, 0.1) is 18.8 Å². The van der Waals surface area contributed by atoms with Gasteiger partial charge in [0.15, 0.2) is 6.61 Å². The maximum Gasteiger partial charge on any atom is 0.339 e. The van der Waals surface area contributed by atoms with Gasteiger partial charge in [0, 0.05) is 22.0 Å². The fourth-order valence-corrected chi connectivity index (χ4v) is 4.91. The van der Waals surface area contributed by atoms with Crippen molar-refractivity contribution in [1.29, 1.82) is 0 Å². The van der Waals surface area contributed by atoms with Gasteiger partial charge in [0.25, 0.3) is 5.91 Å². The van der Waals surface area contributed by atoms with Crippen LogP contribution in [0.3, 0.4) is 0 Å². The lowest BCUT2D eigenvalue weighted by Gasteiger charge is -2.34. The molecule has 0 radical (unpaired) electrons. The van der Waals surface area contributed by atoms with E-state index >= 15 is 0 Å². The minimum absolute atomic E-state index is 0.123. The third kappa shape index (κ3) is 5.03. The number of benzene rings is 2. The molecule has 2 aromatic carbocycles. The van der Waals surface area contributed by atoms with Gasteiger partial charge in [-0.05, 0) is 48.9 Å². The first-order valence-corrected chi connectivity index (χ1v) is 11.8.